The van der Waals surface area contributed by atoms with Crippen molar-refractivity contribution in [2.24, 2.45) is 0 Å². The number of unbranched alkanes of at least 4 members (excludes halogenated alkanes) is 2. The van der Waals surface area contributed by atoms with Crippen LogP contribution in [-0.4, -0.2) is 61.7 Å². The standard InChI is InChI=1S/C17H37N3/c1-5-7-8-10-16(3)18-11-14-20-13-9-12-19(4)15-17(20)6-2/h16-18H,5-15H2,1-4H3. The van der Waals surface area contributed by atoms with Crippen molar-refractivity contribution in [3.05, 3.63) is 0 Å². The van der Waals surface area contributed by atoms with Crippen LogP contribution in [0.15, 0.2) is 0 Å². The van der Waals surface area contributed by atoms with Crippen LogP contribution in [0.25, 0.3) is 0 Å². The summed E-state index contributed by atoms with van der Waals surface area (Å²) in [7, 11) is 2.26. The Hall–Kier alpha value is -0.120. The van der Waals surface area contributed by atoms with E-state index in [9.17, 15) is 0 Å². The second-order valence-electron chi connectivity index (χ2n) is 6.56. The van der Waals surface area contributed by atoms with Gasteiger partial charge in [-0.15, -0.1) is 0 Å². The summed E-state index contributed by atoms with van der Waals surface area (Å²) in [5.41, 5.74) is 0. The number of hydrogen-bond donors (Lipinski definition) is 1. The molecule has 0 saturated carbocycles. The van der Waals surface area contributed by atoms with Crippen LogP contribution in [0.1, 0.15) is 59.3 Å². The smallest absolute Gasteiger partial charge is 0.0220 e. The van der Waals surface area contributed by atoms with E-state index in [1.165, 1.54) is 64.7 Å². The van der Waals surface area contributed by atoms with Crippen LogP contribution in [0.4, 0.5) is 0 Å². The molecule has 0 aromatic heterocycles. The second kappa shape index (κ2) is 10.6. The number of likely N-dealkylation sites (N-methyl/N-ethyl adjacent to an activating group) is 1. The van der Waals surface area contributed by atoms with Gasteiger partial charge in [0.25, 0.3) is 0 Å². The monoisotopic (exact) mass is 283 g/mol. The maximum absolute atomic E-state index is 3.71. The molecule has 1 heterocycles. The number of rotatable bonds is 9. The molecule has 1 fully saturated rings. The predicted molar refractivity (Wildman–Crippen MR) is 89.4 cm³/mol. The molecule has 1 N–H and O–H groups in total. The molecule has 0 amide bonds. The van der Waals surface area contributed by atoms with Gasteiger partial charge in [0.15, 0.2) is 0 Å². The highest BCUT2D eigenvalue weighted by molar-refractivity contribution is 4.78. The van der Waals surface area contributed by atoms with Crippen molar-refractivity contribution >= 4 is 0 Å². The van der Waals surface area contributed by atoms with Gasteiger partial charge in [-0.1, -0.05) is 33.1 Å². The Labute approximate surface area is 127 Å². The predicted octanol–water partition coefficient (Wildman–Crippen LogP) is 2.96. The topological polar surface area (TPSA) is 18.5 Å². The van der Waals surface area contributed by atoms with Crippen LogP contribution in [0.5, 0.6) is 0 Å². The third-order valence-corrected chi connectivity index (χ3v) is 4.63. The highest BCUT2D eigenvalue weighted by Gasteiger charge is 2.21. The van der Waals surface area contributed by atoms with E-state index in [0.717, 1.165) is 12.6 Å². The Bertz CT molecular complexity index is 232. The first kappa shape index (κ1) is 17.9. The van der Waals surface area contributed by atoms with E-state index in [2.05, 4.69) is 42.9 Å². The van der Waals surface area contributed by atoms with Gasteiger partial charge in [-0.25, -0.2) is 0 Å². The minimum absolute atomic E-state index is 0.677. The average Bonchev–Trinajstić information content (AvgIpc) is 2.60. The van der Waals surface area contributed by atoms with Crippen LogP contribution in [0, 0.1) is 0 Å². The first-order chi connectivity index (χ1) is 9.67. The Kier molecular flexibility index (Phi) is 9.49. The van der Waals surface area contributed by atoms with Crippen LogP contribution in [0.2, 0.25) is 0 Å². The molecule has 1 saturated heterocycles. The van der Waals surface area contributed by atoms with Crippen LogP contribution >= 0.6 is 0 Å². The summed E-state index contributed by atoms with van der Waals surface area (Å²) in [5, 5.41) is 3.71. The van der Waals surface area contributed by atoms with Gasteiger partial charge in [-0.2, -0.15) is 0 Å². The van der Waals surface area contributed by atoms with Crippen molar-refractivity contribution in [2.75, 3.05) is 39.8 Å². The lowest BCUT2D eigenvalue weighted by Gasteiger charge is -2.30. The van der Waals surface area contributed by atoms with E-state index in [4.69, 9.17) is 0 Å². The SMILES string of the molecule is CCCCCC(C)NCCN1CCCN(C)CC1CC. The van der Waals surface area contributed by atoms with Gasteiger partial charge >= 0.3 is 0 Å². The molecule has 20 heavy (non-hydrogen) atoms. The summed E-state index contributed by atoms with van der Waals surface area (Å²) in [6, 6.07) is 1.43. The minimum atomic E-state index is 0.677. The van der Waals surface area contributed by atoms with E-state index >= 15 is 0 Å². The summed E-state index contributed by atoms with van der Waals surface area (Å²) in [6.45, 7) is 13.1. The van der Waals surface area contributed by atoms with Crippen molar-refractivity contribution in [1.82, 2.24) is 15.1 Å². The third kappa shape index (κ3) is 7.05. The zero-order valence-electron chi connectivity index (χ0n) is 14.3. The Morgan fingerprint density at radius 3 is 2.70 bits per heavy atom. The molecule has 1 rings (SSSR count). The van der Waals surface area contributed by atoms with E-state index < -0.39 is 0 Å². The van der Waals surface area contributed by atoms with Crippen molar-refractivity contribution < 1.29 is 0 Å². The summed E-state index contributed by atoms with van der Waals surface area (Å²) in [5.74, 6) is 0. The maximum atomic E-state index is 3.71. The first-order valence-corrected chi connectivity index (χ1v) is 8.83. The normalized spacial score (nSPS) is 23.7. The Morgan fingerprint density at radius 1 is 1.20 bits per heavy atom. The molecule has 0 spiro atoms. The number of nitrogens with one attached hydrogen (secondary N) is 1. The molecule has 3 heteroatoms. The van der Waals surface area contributed by atoms with Crippen molar-refractivity contribution in [2.45, 2.75) is 71.4 Å². The summed E-state index contributed by atoms with van der Waals surface area (Å²) in [4.78, 5) is 5.20. The van der Waals surface area contributed by atoms with Gasteiger partial charge in [0.05, 0.1) is 0 Å². The molecular weight excluding hydrogens is 246 g/mol. The molecule has 0 aliphatic carbocycles. The maximum Gasteiger partial charge on any atom is 0.0220 e. The molecule has 120 valence electrons. The van der Waals surface area contributed by atoms with Crippen LogP contribution < -0.4 is 5.32 Å². The lowest BCUT2D eigenvalue weighted by molar-refractivity contribution is 0.182. The van der Waals surface area contributed by atoms with Gasteiger partial charge in [0.1, 0.15) is 0 Å². The Balaban J connectivity index is 2.21. The lowest BCUT2D eigenvalue weighted by atomic mass is 10.1. The quantitative estimate of drug-likeness (QED) is 0.656. The van der Waals surface area contributed by atoms with Gasteiger partial charge in [-0.3, -0.25) is 4.90 Å². The average molecular weight is 284 g/mol. The van der Waals surface area contributed by atoms with Crippen LogP contribution in [-0.2, 0) is 0 Å². The van der Waals surface area contributed by atoms with E-state index in [1.807, 2.05) is 0 Å². The molecular formula is C17H37N3. The second-order valence-corrected chi connectivity index (χ2v) is 6.56. The van der Waals surface area contributed by atoms with Gasteiger partial charge in [0.2, 0.25) is 0 Å². The molecule has 2 unspecified atom stereocenters. The fraction of sp³-hybridized carbons (Fsp3) is 1.00. The zero-order chi connectivity index (χ0) is 14.8. The van der Waals surface area contributed by atoms with Gasteiger partial charge in [-0.05, 0) is 46.3 Å². The molecule has 0 bridgehead atoms. The number of nitrogens with zero attached hydrogens (tertiary/aromatic N) is 2. The molecule has 1 aliphatic heterocycles. The first-order valence-electron chi connectivity index (χ1n) is 8.83. The Morgan fingerprint density at radius 2 is 2.00 bits per heavy atom. The fourth-order valence-corrected chi connectivity index (χ4v) is 3.23. The molecule has 2 atom stereocenters. The molecule has 3 nitrogen and oxygen atoms in total. The van der Waals surface area contributed by atoms with Gasteiger partial charge < -0.3 is 10.2 Å². The minimum Gasteiger partial charge on any atom is -0.313 e. The van der Waals surface area contributed by atoms with Crippen LogP contribution in [0.3, 0.4) is 0 Å². The summed E-state index contributed by atoms with van der Waals surface area (Å²) >= 11 is 0. The molecule has 0 aromatic rings. The summed E-state index contributed by atoms with van der Waals surface area (Å²) in [6.07, 6.45) is 7.99. The van der Waals surface area contributed by atoms with E-state index in [0.29, 0.717) is 6.04 Å². The molecule has 1 aliphatic rings. The highest BCUT2D eigenvalue weighted by Crippen LogP contribution is 2.11. The van der Waals surface area contributed by atoms with E-state index in [-0.39, 0.29) is 0 Å². The highest BCUT2D eigenvalue weighted by atomic mass is 15.2. The van der Waals surface area contributed by atoms with Crippen molar-refractivity contribution in [3.63, 3.8) is 0 Å². The third-order valence-electron chi connectivity index (χ3n) is 4.63. The largest absolute Gasteiger partial charge is 0.313 e. The van der Waals surface area contributed by atoms with Gasteiger partial charge in [0, 0.05) is 31.7 Å². The lowest BCUT2D eigenvalue weighted by Crippen LogP contribution is -2.44. The van der Waals surface area contributed by atoms with Crippen molar-refractivity contribution in [3.8, 4) is 0 Å². The summed E-state index contributed by atoms with van der Waals surface area (Å²) < 4.78 is 0. The van der Waals surface area contributed by atoms with Crippen molar-refractivity contribution in [1.29, 1.82) is 0 Å². The number of hydrogen-bond acceptors (Lipinski definition) is 3. The molecule has 0 aromatic carbocycles. The fourth-order valence-electron chi connectivity index (χ4n) is 3.23. The zero-order valence-corrected chi connectivity index (χ0v) is 14.3. The van der Waals surface area contributed by atoms with E-state index in [1.54, 1.807) is 0 Å². The molecule has 0 radical (unpaired) electrons.